The standard InChI is InChI=1S/C30H30N2O7/c1-32(2)25-21-13-17-12-19-16(8-7-15-5-4-6-18(11-15)39-3)9-10-22(33)24(19)27(35)23(17)28(36)30(21,38)14-20(26(25)34)29(31)37/h4-6,9-11,17,21,25,33-35,38H,12-14H2,1-3H3,(H2,31,37). The Balaban J connectivity index is 1.62. The van der Waals surface area contributed by atoms with E-state index in [1.165, 1.54) is 6.07 Å². The zero-order chi connectivity index (χ0) is 28.2. The maximum atomic E-state index is 13.9. The molecule has 6 N–H and O–H groups in total. The topological polar surface area (TPSA) is 154 Å². The molecule has 1 fully saturated rings. The predicted molar refractivity (Wildman–Crippen MR) is 143 cm³/mol. The molecule has 0 saturated heterocycles. The van der Waals surface area contributed by atoms with E-state index >= 15 is 0 Å². The third-order valence-electron chi connectivity index (χ3n) is 8.11. The van der Waals surface area contributed by atoms with Crippen molar-refractivity contribution in [1.82, 2.24) is 4.90 Å². The summed E-state index contributed by atoms with van der Waals surface area (Å²) in [5, 5.41) is 44.7. The number of methoxy groups -OCH3 is 1. The Kier molecular flexibility index (Phi) is 6.41. The fraction of sp³-hybridized carbons (Fsp3) is 0.333. The van der Waals surface area contributed by atoms with Gasteiger partial charge in [0.25, 0.3) is 0 Å². The number of phenolic OH excluding ortho intramolecular Hbond substituents is 1. The molecule has 202 valence electrons. The van der Waals surface area contributed by atoms with Gasteiger partial charge in [0.1, 0.15) is 28.6 Å². The molecule has 1 saturated carbocycles. The number of aliphatic hydroxyl groups is 3. The van der Waals surface area contributed by atoms with Crippen molar-refractivity contribution in [2.24, 2.45) is 17.6 Å². The van der Waals surface area contributed by atoms with Crippen LogP contribution in [0.1, 0.15) is 35.1 Å². The minimum Gasteiger partial charge on any atom is -0.510 e. The normalized spacial score (nSPS) is 25.9. The zero-order valence-electron chi connectivity index (χ0n) is 21.9. The first-order chi connectivity index (χ1) is 18.5. The number of amides is 1. The summed E-state index contributed by atoms with van der Waals surface area (Å²) < 4.78 is 5.26. The molecule has 9 nitrogen and oxygen atoms in total. The van der Waals surface area contributed by atoms with Crippen LogP contribution >= 0.6 is 0 Å². The van der Waals surface area contributed by atoms with E-state index in [0.717, 1.165) is 0 Å². The van der Waals surface area contributed by atoms with Gasteiger partial charge in [0.2, 0.25) is 5.91 Å². The lowest BCUT2D eigenvalue weighted by Gasteiger charge is -2.51. The van der Waals surface area contributed by atoms with E-state index in [9.17, 15) is 30.0 Å². The number of carbonyl (C=O) groups is 2. The summed E-state index contributed by atoms with van der Waals surface area (Å²) in [4.78, 5) is 27.6. The Labute approximate surface area is 225 Å². The van der Waals surface area contributed by atoms with Crippen molar-refractivity contribution in [3.05, 3.63) is 75.6 Å². The van der Waals surface area contributed by atoms with Crippen LogP contribution in [0.25, 0.3) is 5.76 Å². The van der Waals surface area contributed by atoms with Crippen LogP contribution in [0.4, 0.5) is 0 Å². The second-order valence-corrected chi connectivity index (χ2v) is 10.5. The molecule has 2 aromatic carbocycles. The Morgan fingerprint density at radius 1 is 1.15 bits per heavy atom. The minimum absolute atomic E-state index is 0.00262. The number of carbonyl (C=O) groups excluding carboxylic acids is 2. The monoisotopic (exact) mass is 530 g/mol. The van der Waals surface area contributed by atoms with Gasteiger partial charge in [-0.2, -0.15) is 0 Å². The molecule has 3 aliphatic carbocycles. The number of aliphatic hydroxyl groups excluding tert-OH is 2. The largest absolute Gasteiger partial charge is 0.510 e. The zero-order valence-corrected chi connectivity index (χ0v) is 21.9. The van der Waals surface area contributed by atoms with E-state index in [4.69, 9.17) is 10.5 Å². The van der Waals surface area contributed by atoms with Crippen LogP contribution in [0.15, 0.2) is 53.3 Å². The molecule has 0 bridgehead atoms. The van der Waals surface area contributed by atoms with Crippen molar-refractivity contribution in [3.63, 3.8) is 0 Å². The van der Waals surface area contributed by atoms with Gasteiger partial charge in [-0.3, -0.25) is 14.5 Å². The van der Waals surface area contributed by atoms with Crippen LogP contribution in [0.5, 0.6) is 11.5 Å². The van der Waals surface area contributed by atoms with Crippen molar-refractivity contribution in [2.45, 2.75) is 30.9 Å². The highest BCUT2D eigenvalue weighted by Gasteiger charge is 2.60. The molecule has 1 amide bonds. The molecule has 39 heavy (non-hydrogen) atoms. The third-order valence-corrected chi connectivity index (χ3v) is 8.11. The second-order valence-electron chi connectivity index (χ2n) is 10.5. The number of rotatable bonds is 3. The van der Waals surface area contributed by atoms with Gasteiger partial charge < -0.3 is 30.9 Å². The molecule has 0 aliphatic heterocycles. The van der Waals surface area contributed by atoms with Crippen LogP contribution in [0.3, 0.4) is 0 Å². The maximum absolute atomic E-state index is 13.9. The van der Waals surface area contributed by atoms with Crippen LogP contribution in [0, 0.1) is 23.7 Å². The smallest absolute Gasteiger partial charge is 0.248 e. The lowest BCUT2D eigenvalue weighted by atomic mass is 9.57. The summed E-state index contributed by atoms with van der Waals surface area (Å²) >= 11 is 0. The van der Waals surface area contributed by atoms with Gasteiger partial charge in [-0.15, -0.1) is 0 Å². The molecule has 4 atom stereocenters. The van der Waals surface area contributed by atoms with Gasteiger partial charge in [-0.25, -0.2) is 0 Å². The van der Waals surface area contributed by atoms with Gasteiger partial charge in [-0.1, -0.05) is 17.9 Å². The highest BCUT2D eigenvalue weighted by atomic mass is 16.5. The Bertz CT molecular complexity index is 1530. The van der Waals surface area contributed by atoms with Crippen LogP contribution in [-0.2, 0) is 16.0 Å². The van der Waals surface area contributed by atoms with Crippen LogP contribution in [-0.4, -0.2) is 69.9 Å². The first-order valence-electron chi connectivity index (χ1n) is 12.6. The van der Waals surface area contributed by atoms with Crippen LogP contribution in [0.2, 0.25) is 0 Å². The number of primary amides is 1. The summed E-state index contributed by atoms with van der Waals surface area (Å²) in [6.45, 7) is 0. The number of nitrogens with two attached hydrogens (primary N) is 1. The van der Waals surface area contributed by atoms with E-state index in [1.54, 1.807) is 38.2 Å². The molecule has 4 unspecified atom stereocenters. The number of aromatic hydroxyl groups is 1. The van der Waals surface area contributed by atoms with Crippen molar-refractivity contribution in [3.8, 4) is 23.3 Å². The molecule has 5 rings (SSSR count). The number of fused-ring (bicyclic) bond motifs is 3. The number of hydrogen-bond acceptors (Lipinski definition) is 8. The summed E-state index contributed by atoms with van der Waals surface area (Å²) in [6.07, 6.45) is 0.0473. The fourth-order valence-corrected chi connectivity index (χ4v) is 6.29. The third kappa shape index (κ3) is 4.13. The SMILES string of the molecule is COc1cccc(C#Cc2ccc(O)c3c2CC2CC4C(N(C)C)C(O)=C(C(N)=O)CC4(O)C(=O)C2=C3O)c1. The van der Waals surface area contributed by atoms with E-state index in [1.807, 2.05) is 18.2 Å². The average molecular weight is 531 g/mol. The number of phenols is 1. The lowest BCUT2D eigenvalue weighted by Crippen LogP contribution is -2.62. The number of ketones is 1. The molecular weight excluding hydrogens is 500 g/mol. The summed E-state index contributed by atoms with van der Waals surface area (Å²) in [6, 6.07) is 9.50. The highest BCUT2D eigenvalue weighted by molar-refractivity contribution is 6.10. The molecule has 9 heteroatoms. The minimum atomic E-state index is -2.07. The molecule has 0 spiro atoms. The van der Waals surface area contributed by atoms with Crippen molar-refractivity contribution in [1.29, 1.82) is 0 Å². The fourth-order valence-electron chi connectivity index (χ4n) is 6.29. The van der Waals surface area contributed by atoms with E-state index < -0.39 is 47.3 Å². The molecule has 0 heterocycles. The van der Waals surface area contributed by atoms with Crippen molar-refractivity contribution < 1.29 is 34.8 Å². The summed E-state index contributed by atoms with van der Waals surface area (Å²) in [7, 11) is 4.93. The Morgan fingerprint density at radius 3 is 2.56 bits per heavy atom. The van der Waals surface area contributed by atoms with Crippen LogP contribution < -0.4 is 10.5 Å². The van der Waals surface area contributed by atoms with Crippen molar-refractivity contribution >= 4 is 17.4 Å². The molecule has 0 aromatic heterocycles. The molecule has 2 aromatic rings. The number of Topliss-reactive ketones (excluding diaryl/α,β-unsaturated/α-hetero) is 1. The number of likely N-dealkylation sites (N-methyl/N-ethyl adjacent to an activating group) is 1. The lowest BCUT2D eigenvalue weighted by molar-refractivity contribution is -0.151. The number of nitrogens with zero attached hydrogens (tertiary/aromatic N) is 1. The number of ether oxygens (including phenoxy) is 1. The molecular formula is C30H30N2O7. The summed E-state index contributed by atoms with van der Waals surface area (Å²) in [5.74, 6) is 3.03. The first-order valence-corrected chi connectivity index (χ1v) is 12.6. The van der Waals surface area contributed by atoms with Crippen molar-refractivity contribution in [2.75, 3.05) is 21.2 Å². The van der Waals surface area contributed by atoms with Gasteiger partial charge in [0, 0.05) is 29.0 Å². The molecule has 0 radical (unpaired) electrons. The van der Waals surface area contributed by atoms with Gasteiger partial charge in [0.15, 0.2) is 5.78 Å². The molecule has 3 aliphatic rings. The van der Waals surface area contributed by atoms with Gasteiger partial charge >= 0.3 is 0 Å². The van der Waals surface area contributed by atoms with E-state index in [0.29, 0.717) is 22.4 Å². The van der Waals surface area contributed by atoms with Gasteiger partial charge in [0.05, 0.1) is 24.3 Å². The van der Waals surface area contributed by atoms with Gasteiger partial charge in [-0.05, 0) is 68.8 Å². The Morgan fingerprint density at radius 2 is 1.90 bits per heavy atom. The maximum Gasteiger partial charge on any atom is 0.248 e. The Hall–Kier alpha value is -4.26. The highest BCUT2D eigenvalue weighted by Crippen LogP contribution is 2.53. The number of benzene rings is 2. The average Bonchev–Trinajstić information content (AvgIpc) is 2.89. The quantitative estimate of drug-likeness (QED) is 0.379. The van der Waals surface area contributed by atoms with E-state index in [-0.39, 0.29) is 41.1 Å². The predicted octanol–water partition coefficient (Wildman–Crippen LogP) is 2.19. The first kappa shape index (κ1) is 26.4. The summed E-state index contributed by atoms with van der Waals surface area (Å²) in [5.41, 5.74) is 5.18. The number of hydrogen-bond donors (Lipinski definition) is 5. The second kappa shape index (κ2) is 9.49. The van der Waals surface area contributed by atoms with E-state index in [2.05, 4.69) is 11.8 Å².